The summed E-state index contributed by atoms with van der Waals surface area (Å²) in [5, 5.41) is 3.26. The lowest BCUT2D eigenvalue weighted by Crippen LogP contribution is -2.09. The highest BCUT2D eigenvalue weighted by Crippen LogP contribution is 2.13. The quantitative estimate of drug-likeness (QED) is 0.596. The molecular weight excluding hydrogens is 134 g/mol. The molecule has 11 heavy (non-hydrogen) atoms. The number of nitrogens with one attached hydrogen (secondary N) is 1. The molecule has 1 aliphatic rings. The Labute approximate surface area is 69.2 Å². The van der Waals surface area contributed by atoms with Gasteiger partial charge in [0, 0.05) is 5.70 Å². The van der Waals surface area contributed by atoms with Crippen LogP contribution in [0.3, 0.4) is 0 Å². The molecule has 1 rings (SSSR count). The van der Waals surface area contributed by atoms with Gasteiger partial charge in [-0.15, -0.1) is 0 Å². The van der Waals surface area contributed by atoms with Gasteiger partial charge < -0.3 is 5.32 Å². The minimum Gasteiger partial charge on any atom is -0.366 e. The third-order valence-corrected chi connectivity index (χ3v) is 1.92. The molecule has 0 atom stereocenters. The fraction of sp³-hybridized carbons (Fsp3) is 0.600. The molecule has 0 amide bonds. The third kappa shape index (κ3) is 3.26. The molecule has 0 saturated carbocycles. The smallest absolute Gasteiger partial charge is 0.0109 e. The van der Waals surface area contributed by atoms with Crippen molar-refractivity contribution < 1.29 is 0 Å². The summed E-state index contributed by atoms with van der Waals surface area (Å²) in [6, 6.07) is 0. The minimum absolute atomic E-state index is 1.21. The Morgan fingerprint density at radius 3 is 3.00 bits per heavy atom. The second-order valence-electron chi connectivity index (χ2n) is 2.96. The van der Waals surface area contributed by atoms with Crippen LogP contribution in [0.25, 0.3) is 0 Å². The Balaban J connectivity index is 1.97. The van der Waals surface area contributed by atoms with E-state index >= 15 is 0 Å². The van der Waals surface area contributed by atoms with Gasteiger partial charge in [-0.2, -0.15) is 0 Å². The van der Waals surface area contributed by atoms with Gasteiger partial charge in [-0.05, 0) is 25.5 Å². The lowest BCUT2D eigenvalue weighted by molar-refractivity contribution is 0.780. The highest BCUT2D eigenvalue weighted by molar-refractivity contribution is 5.12. The fourth-order valence-corrected chi connectivity index (χ4v) is 0.991. The van der Waals surface area contributed by atoms with Gasteiger partial charge in [0.1, 0.15) is 0 Å². The lowest BCUT2D eigenvalue weighted by Gasteiger charge is -2.13. The van der Waals surface area contributed by atoms with Crippen molar-refractivity contribution in [3.05, 3.63) is 24.0 Å². The molecule has 0 aromatic carbocycles. The molecule has 1 aliphatic carbocycles. The predicted octanol–water partition coefficient (Wildman–Crippen LogP) is 2.96. The molecule has 1 N–H and O–H groups in total. The van der Waals surface area contributed by atoms with Crippen molar-refractivity contribution in [2.45, 2.75) is 39.0 Å². The van der Waals surface area contributed by atoms with Gasteiger partial charge in [0.2, 0.25) is 0 Å². The Kier molecular flexibility index (Phi) is 3.81. The number of unbranched alkanes of at least 4 members (excludes halogenated alkanes) is 2. The fourth-order valence-electron chi connectivity index (χ4n) is 0.991. The number of allylic oxidation sites excluding steroid dienone is 3. The highest BCUT2D eigenvalue weighted by Gasteiger charge is 2.00. The molecule has 1 heteroatoms. The van der Waals surface area contributed by atoms with Crippen molar-refractivity contribution in [1.29, 1.82) is 0 Å². The highest BCUT2D eigenvalue weighted by atomic mass is 14.9. The van der Waals surface area contributed by atoms with E-state index in [0.29, 0.717) is 0 Å². The maximum atomic E-state index is 3.26. The Hall–Kier alpha value is -0.720. The topological polar surface area (TPSA) is 12.0 Å². The van der Waals surface area contributed by atoms with Gasteiger partial charge in [0.25, 0.3) is 0 Å². The van der Waals surface area contributed by atoms with E-state index in [0.717, 1.165) is 0 Å². The summed E-state index contributed by atoms with van der Waals surface area (Å²) in [6.45, 7) is 2.22. The first-order chi connectivity index (χ1) is 5.43. The summed E-state index contributed by atoms with van der Waals surface area (Å²) >= 11 is 0. The predicted molar refractivity (Wildman–Crippen MR) is 49.1 cm³/mol. The van der Waals surface area contributed by atoms with E-state index in [1.165, 1.54) is 37.8 Å². The van der Waals surface area contributed by atoms with Crippen LogP contribution in [0.2, 0.25) is 0 Å². The van der Waals surface area contributed by atoms with Crippen LogP contribution in [0, 0.1) is 0 Å². The van der Waals surface area contributed by atoms with Crippen LogP contribution in [0.4, 0.5) is 0 Å². The van der Waals surface area contributed by atoms with E-state index in [9.17, 15) is 0 Å². The molecule has 0 aromatic heterocycles. The molecular formula is C10H17N. The first kappa shape index (κ1) is 8.38. The van der Waals surface area contributed by atoms with Gasteiger partial charge in [0.05, 0.1) is 0 Å². The third-order valence-electron chi connectivity index (χ3n) is 1.92. The number of rotatable bonds is 5. The molecule has 0 aromatic rings. The second-order valence-corrected chi connectivity index (χ2v) is 2.96. The second kappa shape index (κ2) is 5.00. The summed E-state index contributed by atoms with van der Waals surface area (Å²) in [7, 11) is 0. The Bertz CT molecular complexity index is 156. The molecule has 0 spiro atoms. The maximum absolute atomic E-state index is 3.26. The standard InChI is InChI=1S/C10H17N/c1-2-3-4-5-9-11-10-7-6-8-10/h5,7,9,11H,2-4,6,8H2,1H3. The van der Waals surface area contributed by atoms with E-state index in [-0.39, 0.29) is 0 Å². The molecule has 1 nitrogen and oxygen atoms in total. The van der Waals surface area contributed by atoms with Crippen LogP contribution in [-0.2, 0) is 0 Å². The van der Waals surface area contributed by atoms with Crippen LogP contribution in [-0.4, -0.2) is 0 Å². The van der Waals surface area contributed by atoms with E-state index in [1.54, 1.807) is 0 Å². The Morgan fingerprint density at radius 2 is 2.45 bits per heavy atom. The van der Waals surface area contributed by atoms with Crippen LogP contribution >= 0.6 is 0 Å². The zero-order valence-corrected chi connectivity index (χ0v) is 7.27. The first-order valence-electron chi connectivity index (χ1n) is 4.54. The van der Waals surface area contributed by atoms with E-state index in [4.69, 9.17) is 0 Å². The van der Waals surface area contributed by atoms with Crippen LogP contribution in [0.15, 0.2) is 24.0 Å². The maximum Gasteiger partial charge on any atom is 0.0109 e. The molecule has 0 unspecified atom stereocenters. The molecule has 0 aliphatic heterocycles. The van der Waals surface area contributed by atoms with Crippen LogP contribution in [0.1, 0.15) is 39.0 Å². The minimum atomic E-state index is 1.21. The SMILES string of the molecule is CCCCC=CNC1=CCC1. The van der Waals surface area contributed by atoms with Gasteiger partial charge in [-0.1, -0.05) is 31.9 Å². The summed E-state index contributed by atoms with van der Waals surface area (Å²) in [6.07, 6.45) is 12.8. The van der Waals surface area contributed by atoms with E-state index in [2.05, 4.69) is 30.6 Å². The van der Waals surface area contributed by atoms with Crippen LogP contribution in [0.5, 0.6) is 0 Å². The van der Waals surface area contributed by atoms with Gasteiger partial charge in [0.15, 0.2) is 0 Å². The van der Waals surface area contributed by atoms with Crippen LogP contribution < -0.4 is 5.32 Å². The average Bonchev–Trinajstić information content (AvgIpc) is 1.93. The lowest BCUT2D eigenvalue weighted by atomic mass is 10.1. The number of hydrogen-bond donors (Lipinski definition) is 1. The molecule has 0 bridgehead atoms. The van der Waals surface area contributed by atoms with Gasteiger partial charge in [-0.25, -0.2) is 0 Å². The molecule has 0 heterocycles. The van der Waals surface area contributed by atoms with Crippen molar-refractivity contribution in [3.63, 3.8) is 0 Å². The zero-order chi connectivity index (χ0) is 7.94. The monoisotopic (exact) mass is 151 g/mol. The van der Waals surface area contributed by atoms with Crippen molar-refractivity contribution in [1.82, 2.24) is 5.32 Å². The van der Waals surface area contributed by atoms with Gasteiger partial charge >= 0.3 is 0 Å². The number of hydrogen-bond acceptors (Lipinski definition) is 1. The van der Waals surface area contributed by atoms with Gasteiger partial charge in [-0.3, -0.25) is 0 Å². The zero-order valence-electron chi connectivity index (χ0n) is 7.27. The summed E-state index contributed by atoms with van der Waals surface area (Å²) < 4.78 is 0. The van der Waals surface area contributed by atoms with Crippen molar-refractivity contribution >= 4 is 0 Å². The summed E-state index contributed by atoms with van der Waals surface area (Å²) in [5.74, 6) is 0. The molecule has 62 valence electrons. The first-order valence-corrected chi connectivity index (χ1v) is 4.54. The average molecular weight is 151 g/mol. The largest absolute Gasteiger partial charge is 0.366 e. The Morgan fingerprint density at radius 1 is 1.64 bits per heavy atom. The van der Waals surface area contributed by atoms with E-state index in [1.807, 2.05) is 0 Å². The summed E-state index contributed by atoms with van der Waals surface area (Å²) in [4.78, 5) is 0. The van der Waals surface area contributed by atoms with Crippen molar-refractivity contribution in [2.75, 3.05) is 0 Å². The van der Waals surface area contributed by atoms with E-state index < -0.39 is 0 Å². The normalized spacial score (nSPS) is 16.3. The van der Waals surface area contributed by atoms with Crippen molar-refractivity contribution in [2.24, 2.45) is 0 Å². The molecule has 0 fully saturated rings. The van der Waals surface area contributed by atoms with Crippen molar-refractivity contribution in [3.8, 4) is 0 Å². The molecule has 0 radical (unpaired) electrons. The molecule has 0 saturated heterocycles. The summed E-state index contributed by atoms with van der Waals surface area (Å²) in [5.41, 5.74) is 1.39.